The Kier molecular flexibility index (Phi) is 4.40. The summed E-state index contributed by atoms with van der Waals surface area (Å²) < 4.78 is 0. The molecule has 1 aromatic carbocycles. The number of anilines is 1. The van der Waals surface area contributed by atoms with E-state index in [0.29, 0.717) is 6.54 Å². The molecule has 1 atom stereocenters. The van der Waals surface area contributed by atoms with Crippen LogP contribution in [0.1, 0.15) is 24.2 Å². The molecule has 0 aliphatic rings. The number of aliphatic hydroxyl groups is 1. The Labute approximate surface area is 118 Å². The number of hydrogen-bond acceptors (Lipinski definition) is 3. The number of benzene rings is 1. The molecule has 0 aliphatic heterocycles. The summed E-state index contributed by atoms with van der Waals surface area (Å²) in [6.45, 7) is 2.44. The van der Waals surface area contributed by atoms with Gasteiger partial charge in [-0.2, -0.15) is 0 Å². The third kappa shape index (κ3) is 3.46. The van der Waals surface area contributed by atoms with Crippen molar-refractivity contribution in [1.82, 2.24) is 4.98 Å². The van der Waals surface area contributed by atoms with Gasteiger partial charge in [-0.25, -0.2) is 4.98 Å². The van der Waals surface area contributed by atoms with Gasteiger partial charge in [-0.15, -0.1) is 0 Å². The largest absolute Gasteiger partial charge is 0.389 e. The molecule has 1 unspecified atom stereocenters. The molecular formula is C15H17ClN2O. The van der Waals surface area contributed by atoms with Gasteiger partial charge in [-0.3, -0.25) is 0 Å². The van der Waals surface area contributed by atoms with Crippen molar-refractivity contribution < 1.29 is 5.11 Å². The number of hydrogen-bond donors (Lipinski definition) is 1. The van der Waals surface area contributed by atoms with Crippen molar-refractivity contribution in [2.75, 3.05) is 11.9 Å². The Morgan fingerprint density at radius 1 is 1.32 bits per heavy atom. The molecule has 2 rings (SSSR count). The summed E-state index contributed by atoms with van der Waals surface area (Å²) in [6, 6.07) is 11.5. The van der Waals surface area contributed by atoms with Gasteiger partial charge < -0.3 is 10.0 Å². The summed E-state index contributed by atoms with van der Waals surface area (Å²) in [6.07, 6.45) is 1.20. The molecule has 1 aromatic heterocycles. The standard InChI is InChI=1S/C15H17ClN2O/c1-11(19)14-7-4-8-17-15(14)18(2)10-12-5-3-6-13(16)9-12/h3-9,11,19H,10H2,1-2H3. The van der Waals surface area contributed by atoms with Gasteiger partial charge in [0.1, 0.15) is 5.82 Å². The van der Waals surface area contributed by atoms with Gasteiger partial charge in [0.2, 0.25) is 0 Å². The Morgan fingerprint density at radius 3 is 2.79 bits per heavy atom. The molecule has 0 bridgehead atoms. The first-order valence-corrected chi connectivity index (χ1v) is 6.54. The molecule has 0 spiro atoms. The average Bonchev–Trinajstić information content (AvgIpc) is 2.38. The van der Waals surface area contributed by atoms with E-state index >= 15 is 0 Å². The van der Waals surface area contributed by atoms with Gasteiger partial charge in [0.15, 0.2) is 0 Å². The van der Waals surface area contributed by atoms with Gasteiger partial charge in [0.25, 0.3) is 0 Å². The minimum Gasteiger partial charge on any atom is -0.389 e. The van der Waals surface area contributed by atoms with E-state index in [1.165, 1.54) is 0 Å². The van der Waals surface area contributed by atoms with E-state index in [1.54, 1.807) is 13.1 Å². The minimum absolute atomic E-state index is 0.537. The van der Waals surface area contributed by atoms with Gasteiger partial charge >= 0.3 is 0 Å². The third-order valence-corrected chi connectivity index (χ3v) is 3.17. The minimum atomic E-state index is -0.537. The van der Waals surface area contributed by atoms with Crippen molar-refractivity contribution >= 4 is 17.4 Å². The second-order valence-corrected chi connectivity index (χ2v) is 5.01. The number of halogens is 1. The van der Waals surface area contributed by atoms with E-state index in [2.05, 4.69) is 4.98 Å². The zero-order chi connectivity index (χ0) is 13.8. The van der Waals surface area contributed by atoms with Gasteiger partial charge in [-0.1, -0.05) is 29.8 Å². The maximum Gasteiger partial charge on any atom is 0.134 e. The van der Waals surface area contributed by atoms with Crippen molar-refractivity contribution in [3.8, 4) is 0 Å². The van der Waals surface area contributed by atoms with Crippen LogP contribution in [0.25, 0.3) is 0 Å². The van der Waals surface area contributed by atoms with Crippen molar-refractivity contribution in [3.05, 3.63) is 58.7 Å². The Bertz CT molecular complexity index is 557. The van der Waals surface area contributed by atoms with Crippen LogP contribution >= 0.6 is 11.6 Å². The molecule has 2 aromatic rings. The van der Waals surface area contributed by atoms with E-state index < -0.39 is 6.10 Å². The number of rotatable bonds is 4. The molecule has 0 fully saturated rings. The zero-order valence-corrected chi connectivity index (χ0v) is 11.8. The molecule has 0 saturated heterocycles. The summed E-state index contributed by atoms with van der Waals surface area (Å²) in [7, 11) is 1.95. The average molecular weight is 277 g/mol. The van der Waals surface area contributed by atoms with Crippen LogP contribution in [0.5, 0.6) is 0 Å². The predicted octanol–water partition coefficient (Wildman–Crippen LogP) is 3.42. The first-order valence-electron chi connectivity index (χ1n) is 6.16. The maximum atomic E-state index is 9.78. The smallest absolute Gasteiger partial charge is 0.134 e. The van der Waals surface area contributed by atoms with E-state index in [0.717, 1.165) is 22.0 Å². The highest BCUT2D eigenvalue weighted by Gasteiger charge is 2.12. The Hall–Kier alpha value is -1.58. The van der Waals surface area contributed by atoms with Gasteiger partial charge in [-0.05, 0) is 30.7 Å². The van der Waals surface area contributed by atoms with Crippen LogP contribution in [-0.2, 0) is 6.54 Å². The van der Waals surface area contributed by atoms with E-state index in [4.69, 9.17) is 11.6 Å². The van der Waals surface area contributed by atoms with Gasteiger partial charge in [0, 0.05) is 30.4 Å². The zero-order valence-electron chi connectivity index (χ0n) is 11.0. The quantitative estimate of drug-likeness (QED) is 0.929. The molecule has 0 aliphatic carbocycles. The lowest BCUT2D eigenvalue weighted by Crippen LogP contribution is -2.20. The lowest BCUT2D eigenvalue weighted by Gasteiger charge is -2.22. The summed E-state index contributed by atoms with van der Waals surface area (Å²) in [5.41, 5.74) is 1.93. The highest BCUT2D eigenvalue weighted by atomic mass is 35.5. The Morgan fingerprint density at radius 2 is 2.11 bits per heavy atom. The summed E-state index contributed by atoms with van der Waals surface area (Å²) in [5.74, 6) is 0.789. The molecule has 1 heterocycles. The molecule has 0 saturated carbocycles. The van der Waals surface area contributed by atoms with Crippen molar-refractivity contribution in [3.63, 3.8) is 0 Å². The Balaban J connectivity index is 2.23. The maximum absolute atomic E-state index is 9.78. The normalized spacial score (nSPS) is 12.2. The SMILES string of the molecule is CC(O)c1cccnc1N(C)Cc1cccc(Cl)c1. The predicted molar refractivity (Wildman–Crippen MR) is 78.4 cm³/mol. The number of nitrogens with zero attached hydrogens (tertiary/aromatic N) is 2. The first kappa shape index (κ1) is 13.8. The highest BCUT2D eigenvalue weighted by molar-refractivity contribution is 6.30. The van der Waals surface area contributed by atoms with E-state index in [1.807, 2.05) is 48.3 Å². The van der Waals surface area contributed by atoms with Crippen molar-refractivity contribution in [1.29, 1.82) is 0 Å². The monoisotopic (exact) mass is 276 g/mol. The lowest BCUT2D eigenvalue weighted by molar-refractivity contribution is 0.199. The molecule has 3 nitrogen and oxygen atoms in total. The van der Waals surface area contributed by atoms with Crippen LogP contribution < -0.4 is 4.90 Å². The molecular weight excluding hydrogens is 260 g/mol. The molecule has 100 valence electrons. The number of aromatic nitrogens is 1. The van der Waals surface area contributed by atoms with Gasteiger partial charge in [0.05, 0.1) is 6.10 Å². The second-order valence-electron chi connectivity index (χ2n) is 4.58. The van der Waals surface area contributed by atoms with Crippen molar-refractivity contribution in [2.45, 2.75) is 19.6 Å². The highest BCUT2D eigenvalue weighted by Crippen LogP contribution is 2.24. The third-order valence-electron chi connectivity index (χ3n) is 2.94. The van der Waals surface area contributed by atoms with Crippen LogP contribution in [0, 0.1) is 0 Å². The summed E-state index contributed by atoms with van der Waals surface area (Å²) in [5, 5.41) is 10.5. The summed E-state index contributed by atoms with van der Waals surface area (Å²) >= 11 is 5.98. The van der Waals surface area contributed by atoms with Crippen molar-refractivity contribution in [2.24, 2.45) is 0 Å². The number of aliphatic hydroxyl groups excluding tert-OH is 1. The number of pyridine rings is 1. The summed E-state index contributed by atoms with van der Waals surface area (Å²) in [4.78, 5) is 6.36. The lowest BCUT2D eigenvalue weighted by atomic mass is 10.1. The molecule has 1 N–H and O–H groups in total. The van der Waals surface area contributed by atoms with E-state index in [-0.39, 0.29) is 0 Å². The van der Waals surface area contributed by atoms with Crippen LogP contribution in [0.3, 0.4) is 0 Å². The van der Waals surface area contributed by atoms with Crippen LogP contribution in [-0.4, -0.2) is 17.1 Å². The van der Waals surface area contributed by atoms with Crippen LogP contribution in [0.15, 0.2) is 42.6 Å². The van der Waals surface area contributed by atoms with Crippen LogP contribution in [0.4, 0.5) is 5.82 Å². The molecule has 4 heteroatoms. The molecule has 0 radical (unpaired) electrons. The molecule has 0 amide bonds. The fraction of sp³-hybridized carbons (Fsp3) is 0.267. The topological polar surface area (TPSA) is 36.4 Å². The molecule has 19 heavy (non-hydrogen) atoms. The van der Waals surface area contributed by atoms with Crippen LogP contribution in [0.2, 0.25) is 5.02 Å². The van der Waals surface area contributed by atoms with E-state index in [9.17, 15) is 5.11 Å². The first-order chi connectivity index (χ1) is 9.08. The fourth-order valence-electron chi connectivity index (χ4n) is 2.04. The fourth-order valence-corrected chi connectivity index (χ4v) is 2.25. The second kappa shape index (κ2) is 6.04.